The topological polar surface area (TPSA) is 107 Å². The zero-order chi connectivity index (χ0) is 15.0. The fourth-order valence-corrected chi connectivity index (χ4v) is 1.58. The highest BCUT2D eigenvalue weighted by atomic mass is 16.4. The summed E-state index contributed by atoms with van der Waals surface area (Å²) >= 11 is 0. The Morgan fingerprint density at radius 2 is 1.65 bits per heavy atom. The maximum atomic E-state index is 11.8. The first-order chi connectivity index (χ1) is 9.47. The summed E-state index contributed by atoms with van der Waals surface area (Å²) in [5.74, 6) is -2.53. The van der Waals surface area contributed by atoms with Gasteiger partial charge in [-0.3, -0.25) is 19.3 Å². The van der Waals surface area contributed by atoms with E-state index in [0.29, 0.717) is 5.69 Å². The second-order valence-corrected chi connectivity index (χ2v) is 4.16. The molecule has 7 heteroatoms. The van der Waals surface area contributed by atoms with Gasteiger partial charge in [0.2, 0.25) is 5.91 Å². The number of nitrogens with zero attached hydrogens (tertiary/aromatic N) is 1. The lowest BCUT2D eigenvalue weighted by atomic mass is 10.3. The van der Waals surface area contributed by atoms with E-state index in [1.165, 1.54) is 4.90 Å². The maximum absolute atomic E-state index is 11.8. The number of benzene rings is 1. The third kappa shape index (κ3) is 6.50. The third-order valence-corrected chi connectivity index (χ3v) is 2.43. The highest BCUT2D eigenvalue weighted by Gasteiger charge is 2.15. The Labute approximate surface area is 115 Å². The van der Waals surface area contributed by atoms with Gasteiger partial charge in [0.1, 0.15) is 0 Å². The Morgan fingerprint density at radius 1 is 1.00 bits per heavy atom. The summed E-state index contributed by atoms with van der Waals surface area (Å²) in [5.41, 5.74) is 0.603. The van der Waals surface area contributed by atoms with Crippen LogP contribution in [0.3, 0.4) is 0 Å². The minimum absolute atomic E-state index is 0.00381. The molecule has 0 radical (unpaired) electrons. The van der Waals surface area contributed by atoms with Gasteiger partial charge in [-0.05, 0) is 12.1 Å². The summed E-state index contributed by atoms with van der Waals surface area (Å²) in [6.45, 7) is -0.548. The van der Waals surface area contributed by atoms with Crippen molar-refractivity contribution >= 4 is 23.5 Å². The van der Waals surface area contributed by atoms with Gasteiger partial charge in [0.15, 0.2) is 0 Å². The van der Waals surface area contributed by atoms with Crippen molar-refractivity contribution in [2.75, 3.05) is 25.0 Å². The second-order valence-electron chi connectivity index (χ2n) is 4.16. The number of hydrogen-bond donors (Lipinski definition) is 3. The van der Waals surface area contributed by atoms with Gasteiger partial charge in [-0.15, -0.1) is 0 Å². The van der Waals surface area contributed by atoms with Gasteiger partial charge in [0.05, 0.1) is 19.5 Å². The molecule has 0 spiro atoms. The van der Waals surface area contributed by atoms with Gasteiger partial charge in [-0.1, -0.05) is 18.2 Å². The minimum atomic E-state index is -1.11. The Balaban J connectivity index is 2.52. The summed E-state index contributed by atoms with van der Waals surface area (Å²) < 4.78 is 0. The van der Waals surface area contributed by atoms with E-state index >= 15 is 0 Å². The van der Waals surface area contributed by atoms with Crippen molar-refractivity contribution in [1.29, 1.82) is 0 Å². The summed E-state index contributed by atoms with van der Waals surface area (Å²) in [7, 11) is 0. The minimum Gasteiger partial charge on any atom is -0.481 e. The zero-order valence-corrected chi connectivity index (χ0v) is 10.8. The molecule has 7 nitrogen and oxygen atoms in total. The van der Waals surface area contributed by atoms with Crippen LogP contribution < -0.4 is 5.32 Å². The molecule has 20 heavy (non-hydrogen) atoms. The van der Waals surface area contributed by atoms with Gasteiger partial charge >= 0.3 is 11.9 Å². The van der Waals surface area contributed by atoms with Gasteiger partial charge < -0.3 is 15.5 Å². The Kier molecular flexibility index (Phi) is 6.18. The standard InChI is InChI=1S/C13H16N2O5/c16-11(14-10-4-2-1-3-5-10)8-15(9-13(19)20)7-6-12(17)18/h1-5H,6-9H2,(H,14,16)(H,17,18)(H,19,20). The van der Waals surface area contributed by atoms with E-state index in [0.717, 1.165) is 0 Å². The number of amides is 1. The van der Waals surface area contributed by atoms with Gasteiger partial charge in [-0.25, -0.2) is 0 Å². The van der Waals surface area contributed by atoms with Crippen molar-refractivity contribution in [3.63, 3.8) is 0 Å². The molecule has 0 heterocycles. The molecule has 1 rings (SSSR count). The molecular weight excluding hydrogens is 264 g/mol. The van der Waals surface area contributed by atoms with Crippen molar-refractivity contribution < 1.29 is 24.6 Å². The molecule has 0 aliphatic rings. The predicted molar refractivity (Wildman–Crippen MR) is 71.4 cm³/mol. The monoisotopic (exact) mass is 280 g/mol. The number of carbonyl (C=O) groups excluding carboxylic acids is 1. The number of aliphatic carboxylic acids is 2. The van der Waals surface area contributed by atoms with E-state index in [-0.39, 0.29) is 32.0 Å². The number of carboxylic acid groups (broad SMARTS) is 2. The summed E-state index contributed by atoms with van der Waals surface area (Å²) in [6, 6.07) is 8.73. The van der Waals surface area contributed by atoms with Crippen LogP contribution in [-0.2, 0) is 14.4 Å². The smallest absolute Gasteiger partial charge is 0.317 e. The molecule has 3 N–H and O–H groups in total. The summed E-state index contributed by atoms with van der Waals surface area (Å²) in [4.78, 5) is 34.2. The average Bonchev–Trinajstić information content (AvgIpc) is 2.36. The molecule has 0 aliphatic heterocycles. The van der Waals surface area contributed by atoms with Crippen molar-refractivity contribution in [2.45, 2.75) is 6.42 Å². The lowest BCUT2D eigenvalue weighted by Gasteiger charge is -2.18. The van der Waals surface area contributed by atoms with E-state index < -0.39 is 11.9 Å². The van der Waals surface area contributed by atoms with Crippen molar-refractivity contribution in [3.8, 4) is 0 Å². The number of hydrogen-bond acceptors (Lipinski definition) is 4. The molecule has 108 valence electrons. The van der Waals surface area contributed by atoms with Crippen LogP contribution in [0.5, 0.6) is 0 Å². The van der Waals surface area contributed by atoms with Crippen molar-refractivity contribution in [3.05, 3.63) is 30.3 Å². The van der Waals surface area contributed by atoms with Crippen LogP contribution in [0.4, 0.5) is 5.69 Å². The summed E-state index contributed by atoms with van der Waals surface area (Å²) in [5, 5.41) is 19.9. The molecule has 0 unspecified atom stereocenters. The maximum Gasteiger partial charge on any atom is 0.317 e. The highest BCUT2D eigenvalue weighted by molar-refractivity contribution is 5.92. The number of carboxylic acids is 2. The van der Waals surface area contributed by atoms with Crippen LogP contribution in [0.1, 0.15) is 6.42 Å². The highest BCUT2D eigenvalue weighted by Crippen LogP contribution is 2.05. The Bertz CT molecular complexity index is 475. The van der Waals surface area contributed by atoms with E-state index in [1.54, 1.807) is 30.3 Å². The molecule has 1 aromatic carbocycles. The molecule has 0 aliphatic carbocycles. The Morgan fingerprint density at radius 3 is 2.20 bits per heavy atom. The van der Waals surface area contributed by atoms with E-state index in [9.17, 15) is 14.4 Å². The summed E-state index contributed by atoms with van der Waals surface area (Å²) in [6.07, 6.45) is -0.216. The van der Waals surface area contributed by atoms with Crippen molar-refractivity contribution in [1.82, 2.24) is 4.90 Å². The van der Waals surface area contributed by atoms with Gasteiger partial charge in [0, 0.05) is 12.2 Å². The van der Waals surface area contributed by atoms with Gasteiger partial charge in [-0.2, -0.15) is 0 Å². The van der Waals surface area contributed by atoms with Crippen LogP contribution in [0.15, 0.2) is 30.3 Å². The molecule has 0 aromatic heterocycles. The van der Waals surface area contributed by atoms with Crippen LogP contribution in [-0.4, -0.2) is 52.6 Å². The lowest BCUT2D eigenvalue weighted by molar-refractivity contribution is -0.141. The molecule has 0 saturated heterocycles. The Hall–Kier alpha value is -2.41. The van der Waals surface area contributed by atoms with E-state index in [4.69, 9.17) is 10.2 Å². The lowest BCUT2D eigenvalue weighted by Crippen LogP contribution is -2.38. The number of para-hydroxylation sites is 1. The van der Waals surface area contributed by atoms with Crippen LogP contribution in [0, 0.1) is 0 Å². The molecule has 0 atom stereocenters. The first kappa shape index (κ1) is 15.6. The fourth-order valence-electron chi connectivity index (χ4n) is 1.58. The van der Waals surface area contributed by atoms with Crippen LogP contribution in [0.2, 0.25) is 0 Å². The molecule has 1 aromatic rings. The first-order valence-corrected chi connectivity index (χ1v) is 5.98. The van der Waals surface area contributed by atoms with Crippen LogP contribution >= 0.6 is 0 Å². The number of rotatable bonds is 8. The largest absolute Gasteiger partial charge is 0.481 e. The fraction of sp³-hybridized carbons (Fsp3) is 0.308. The van der Waals surface area contributed by atoms with Crippen molar-refractivity contribution in [2.24, 2.45) is 0 Å². The molecular formula is C13H16N2O5. The van der Waals surface area contributed by atoms with Gasteiger partial charge in [0.25, 0.3) is 0 Å². The molecule has 0 saturated carbocycles. The quantitative estimate of drug-likeness (QED) is 0.639. The van der Waals surface area contributed by atoms with Crippen LogP contribution in [0.25, 0.3) is 0 Å². The zero-order valence-electron chi connectivity index (χ0n) is 10.8. The average molecular weight is 280 g/mol. The normalized spacial score (nSPS) is 10.2. The van der Waals surface area contributed by atoms with E-state index in [1.807, 2.05) is 0 Å². The second kappa shape index (κ2) is 7.90. The number of anilines is 1. The molecule has 0 bridgehead atoms. The third-order valence-electron chi connectivity index (χ3n) is 2.43. The number of carbonyl (C=O) groups is 3. The van der Waals surface area contributed by atoms with E-state index in [2.05, 4.69) is 5.32 Å². The molecule has 1 amide bonds. The SMILES string of the molecule is O=C(O)CCN(CC(=O)O)CC(=O)Nc1ccccc1. The number of nitrogens with one attached hydrogen (secondary N) is 1. The first-order valence-electron chi connectivity index (χ1n) is 5.98. The predicted octanol–water partition coefficient (Wildman–Crippen LogP) is 0.486. The molecule has 0 fully saturated rings.